The fraction of sp³-hybridized carbons (Fsp3) is 0.222. The van der Waals surface area contributed by atoms with Gasteiger partial charge in [-0.3, -0.25) is 10.3 Å². The third-order valence-corrected chi connectivity index (χ3v) is 6.00. The van der Waals surface area contributed by atoms with Crippen LogP contribution < -0.4 is 5.32 Å². The summed E-state index contributed by atoms with van der Waals surface area (Å²) >= 11 is 0. The summed E-state index contributed by atoms with van der Waals surface area (Å²) in [5, 5.41) is 31.9. The van der Waals surface area contributed by atoms with Crippen LogP contribution in [0, 0.1) is 5.41 Å². The topological polar surface area (TPSA) is 82.8 Å². The summed E-state index contributed by atoms with van der Waals surface area (Å²) in [4.78, 5) is 4.48. The van der Waals surface area contributed by atoms with Crippen LogP contribution in [0.5, 0.6) is 11.5 Å². The third kappa shape index (κ3) is 5.54. The molecule has 0 aromatic heterocycles. The van der Waals surface area contributed by atoms with Crippen LogP contribution >= 0.6 is 0 Å². The van der Waals surface area contributed by atoms with Gasteiger partial charge in [0.1, 0.15) is 17.3 Å². The molecule has 33 heavy (non-hydrogen) atoms. The van der Waals surface area contributed by atoms with Gasteiger partial charge in [0, 0.05) is 57.1 Å². The van der Waals surface area contributed by atoms with E-state index in [4.69, 9.17) is 5.41 Å². The zero-order chi connectivity index (χ0) is 23.2. The van der Waals surface area contributed by atoms with Gasteiger partial charge >= 0.3 is 0 Å². The van der Waals surface area contributed by atoms with Crippen molar-refractivity contribution >= 4 is 11.5 Å². The Labute approximate surface area is 194 Å². The predicted molar refractivity (Wildman–Crippen MR) is 133 cm³/mol. The summed E-state index contributed by atoms with van der Waals surface area (Å²) in [6.45, 7) is 4.32. The van der Waals surface area contributed by atoms with Crippen molar-refractivity contribution < 1.29 is 10.2 Å². The first kappa shape index (κ1) is 22.4. The SMILES string of the molecule is CN/C(=C\C(=N)N1CCN(Cc2ccccc2)CC1)c1cc(-c2ccc(O)cc2)ccc1O. The number of nitrogens with one attached hydrogen (secondary N) is 2. The van der Waals surface area contributed by atoms with Crippen LogP contribution in [-0.2, 0) is 6.54 Å². The Morgan fingerprint density at radius 1 is 0.909 bits per heavy atom. The number of benzene rings is 3. The minimum atomic E-state index is 0.151. The zero-order valence-corrected chi connectivity index (χ0v) is 18.8. The number of phenolic OH excluding ortho intramolecular Hbond substituents is 2. The normalized spacial score (nSPS) is 14.8. The van der Waals surface area contributed by atoms with Crippen molar-refractivity contribution in [3.63, 3.8) is 0 Å². The number of phenols is 2. The molecule has 1 fully saturated rings. The van der Waals surface area contributed by atoms with Crippen molar-refractivity contribution in [2.45, 2.75) is 6.54 Å². The zero-order valence-electron chi connectivity index (χ0n) is 18.8. The lowest BCUT2D eigenvalue weighted by Crippen LogP contribution is -2.47. The maximum Gasteiger partial charge on any atom is 0.124 e. The molecule has 0 unspecified atom stereocenters. The Balaban J connectivity index is 1.46. The largest absolute Gasteiger partial charge is 0.508 e. The second-order valence-electron chi connectivity index (χ2n) is 8.22. The Hall–Kier alpha value is -3.77. The molecule has 170 valence electrons. The average Bonchev–Trinajstić information content (AvgIpc) is 2.84. The van der Waals surface area contributed by atoms with Crippen LogP contribution in [0.1, 0.15) is 11.1 Å². The molecule has 0 atom stereocenters. The number of piperazine rings is 1. The number of hydrogen-bond donors (Lipinski definition) is 4. The van der Waals surface area contributed by atoms with Crippen LogP contribution in [0.25, 0.3) is 16.8 Å². The van der Waals surface area contributed by atoms with Crippen LogP contribution in [0.3, 0.4) is 0 Å². The highest BCUT2D eigenvalue weighted by atomic mass is 16.3. The number of nitrogens with zero attached hydrogens (tertiary/aromatic N) is 2. The van der Waals surface area contributed by atoms with E-state index in [0.29, 0.717) is 17.1 Å². The van der Waals surface area contributed by atoms with Crippen molar-refractivity contribution in [3.05, 3.63) is 90.0 Å². The van der Waals surface area contributed by atoms with Gasteiger partial charge in [-0.2, -0.15) is 0 Å². The maximum absolute atomic E-state index is 10.5. The lowest BCUT2D eigenvalue weighted by atomic mass is 10.0. The van der Waals surface area contributed by atoms with Crippen LogP contribution in [0.2, 0.25) is 0 Å². The van der Waals surface area contributed by atoms with Crippen LogP contribution in [0.4, 0.5) is 0 Å². The van der Waals surface area contributed by atoms with Crippen LogP contribution in [0.15, 0.2) is 78.9 Å². The number of aromatic hydroxyl groups is 2. The molecule has 0 aliphatic carbocycles. The van der Waals surface area contributed by atoms with E-state index in [9.17, 15) is 10.2 Å². The van der Waals surface area contributed by atoms with E-state index in [-0.39, 0.29) is 11.5 Å². The third-order valence-electron chi connectivity index (χ3n) is 6.00. The van der Waals surface area contributed by atoms with Gasteiger partial charge in [0.25, 0.3) is 0 Å². The molecule has 3 aromatic rings. The van der Waals surface area contributed by atoms with Gasteiger partial charge in [0.2, 0.25) is 0 Å². The highest BCUT2D eigenvalue weighted by Gasteiger charge is 2.19. The van der Waals surface area contributed by atoms with E-state index in [0.717, 1.165) is 43.9 Å². The van der Waals surface area contributed by atoms with Crippen molar-refractivity contribution in [1.82, 2.24) is 15.1 Å². The molecule has 0 radical (unpaired) electrons. The Bertz CT molecular complexity index is 1120. The number of hydrogen-bond acceptors (Lipinski definition) is 5. The summed E-state index contributed by atoms with van der Waals surface area (Å²) < 4.78 is 0. The van der Waals surface area contributed by atoms with Crippen LogP contribution in [-0.4, -0.2) is 59.1 Å². The summed E-state index contributed by atoms with van der Waals surface area (Å²) in [6.07, 6.45) is 1.78. The number of rotatable bonds is 6. The minimum Gasteiger partial charge on any atom is -0.508 e. The van der Waals surface area contributed by atoms with Crippen molar-refractivity contribution in [1.29, 1.82) is 5.41 Å². The molecule has 1 aliphatic heterocycles. The molecule has 6 nitrogen and oxygen atoms in total. The molecule has 0 bridgehead atoms. The number of amidine groups is 1. The van der Waals surface area contributed by atoms with Gasteiger partial charge in [-0.05, 0) is 41.0 Å². The quantitative estimate of drug-likeness (QED) is 0.341. The molecule has 0 amide bonds. The van der Waals surface area contributed by atoms with E-state index in [1.165, 1.54) is 5.56 Å². The maximum atomic E-state index is 10.5. The fourth-order valence-electron chi connectivity index (χ4n) is 4.09. The summed E-state index contributed by atoms with van der Waals surface area (Å²) in [5.41, 5.74) is 4.49. The molecule has 1 aliphatic rings. The lowest BCUT2D eigenvalue weighted by molar-refractivity contribution is 0.175. The first-order valence-electron chi connectivity index (χ1n) is 11.2. The first-order valence-corrected chi connectivity index (χ1v) is 11.2. The van der Waals surface area contributed by atoms with Crippen molar-refractivity contribution in [3.8, 4) is 22.6 Å². The van der Waals surface area contributed by atoms with Gasteiger partial charge in [0.15, 0.2) is 0 Å². The molecule has 3 aromatic carbocycles. The summed E-state index contributed by atoms with van der Waals surface area (Å²) in [5.74, 6) is 0.789. The molecule has 1 heterocycles. The Morgan fingerprint density at radius 3 is 2.24 bits per heavy atom. The van der Waals surface area contributed by atoms with Gasteiger partial charge in [-0.25, -0.2) is 0 Å². The second-order valence-corrected chi connectivity index (χ2v) is 8.22. The molecule has 1 saturated heterocycles. The van der Waals surface area contributed by atoms with Gasteiger partial charge in [-0.1, -0.05) is 48.5 Å². The second kappa shape index (κ2) is 10.2. The highest BCUT2D eigenvalue weighted by Crippen LogP contribution is 2.30. The van der Waals surface area contributed by atoms with E-state index >= 15 is 0 Å². The predicted octanol–water partition coefficient (Wildman–Crippen LogP) is 4.12. The van der Waals surface area contributed by atoms with Gasteiger partial charge < -0.3 is 20.4 Å². The van der Waals surface area contributed by atoms with E-state index in [2.05, 4.69) is 39.4 Å². The smallest absolute Gasteiger partial charge is 0.124 e. The summed E-state index contributed by atoms with van der Waals surface area (Å²) in [7, 11) is 1.80. The van der Waals surface area contributed by atoms with Gasteiger partial charge in [-0.15, -0.1) is 0 Å². The van der Waals surface area contributed by atoms with Crippen molar-refractivity contribution in [2.75, 3.05) is 33.2 Å². The molecular weight excluding hydrogens is 412 g/mol. The highest BCUT2D eigenvalue weighted by molar-refractivity contribution is 5.97. The molecular formula is C27H30N4O2. The monoisotopic (exact) mass is 442 g/mol. The van der Waals surface area contributed by atoms with Gasteiger partial charge in [0.05, 0.1) is 0 Å². The Morgan fingerprint density at radius 2 is 1.58 bits per heavy atom. The van der Waals surface area contributed by atoms with E-state index in [1.807, 2.05) is 30.3 Å². The van der Waals surface area contributed by atoms with Crippen molar-refractivity contribution in [2.24, 2.45) is 0 Å². The average molecular weight is 443 g/mol. The van der Waals surface area contributed by atoms with E-state index < -0.39 is 0 Å². The Kier molecular flexibility index (Phi) is 6.95. The molecule has 0 saturated carbocycles. The molecule has 4 rings (SSSR count). The lowest BCUT2D eigenvalue weighted by Gasteiger charge is -2.35. The first-order chi connectivity index (χ1) is 16.0. The fourth-order valence-corrected chi connectivity index (χ4v) is 4.09. The summed E-state index contributed by atoms with van der Waals surface area (Å²) in [6, 6.07) is 22.8. The minimum absolute atomic E-state index is 0.151. The van der Waals surface area contributed by atoms with E-state index in [1.54, 1.807) is 31.3 Å². The molecule has 6 heteroatoms. The molecule has 0 spiro atoms. The standard InChI is InChI=1S/C27H30N4O2/c1-29-25(24-17-22(9-12-26(24)33)21-7-10-23(32)11-8-21)18-27(28)31-15-13-30(14-16-31)19-20-5-3-2-4-6-20/h2-12,17-18,28-29,32-33H,13-16,19H2,1H3/b25-18-,28-27?. The molecule has 4 N–H and O–H groups in total.